The minimum absolute atomic E-state index is 0.765. The molecule has 1 nitrogen and oxygen atoms in total. The molecule has 1 aromatic carbocycles. The van der Waals surface area contributed by atoms with E-state index < -0.39 is 0 Å². The third-order valence-electron chi connectivity index (χ3n) is 2.63. The van der Waals surface area contributed by atoms with E-state index in [1.54, 1.807) is 0 Å². The molecule has 0 fully saturated rings. The Morgan fingerprint density at radius 1 is 1.27 bits per heavy atom. The fourth-order valence-corrected chi connectivity index (χ4v) is 2.19. The maximum absolute atomic E-state index is 3.46. The lowest BCUT2D eigenvalue weighted by Gasteiger charge is -2.15. The predicted octanol–water partition coefficient (Wildman–Crippen LogP) is 3.63. The highest BCUT2D eigenvalue weighted by molar-refractivity contribution is 9.10. The first-order chi connectivity index (χ1) is 7.26. The Bertz CT molecular complexity index is 262. The molecule has 0 radical (unpaired) electrons. The summed E-state index contributed by atoms with van der Waals surface area (Å²) in [6, 6.07) is 8.67. The number of hydrogen-bond donors (Lipinski definition) is 1. The lowest BCUT2D eigenvalue weighted by Crippen LogP contribution is -2.20. The quantitative estimate of drug-likeness (QED) is 0.832. The zero-order valence-electron chi connectivity index (χ0n) is 9.59. The molecule has 1 unspecified atom stereocenters. The van der Waals surface area contributed by atoms with Crippen LogP contribution in [-0.2, 0) is 6.42 Å². The Kier molecular flexibility index (Phi) is 5.96. The van der Waals surface area contributed by atoms with Gasteiger partial charge in [0.25, 0.3) is 0 Å². The molecule has 0 heterocycles. The van der Waals surface area contributed by atoms with Crippen LogP contribution in [0.5, 0.6) is 0 Å². The van der Waals surface area contributed by atoms with Gasteiger partial charge in [0.15, 0.2) is 0 Å². The highest BCUT2D eigenvalue weighted by Crippen LogP contribution is 2.16. The average molecular weight is 270 g/mol. The van der Waals surface area contributed by atoms with E-state index in [2.05, 4.69) is 52.4 Å². The van der Waals surface area contributed by atoms with E-state index in [0.29, 0.717) is 0 Å². The van der Waals surface area contributed by atoms with E-state index >= 15 is 0 Å². The zero-order chi connectivity index (χ0) is 11.1. The summed E-state index contributed by atoms with van der Waals surface area (Å²) < 4.78 is 1.16. The van der Waals surface area contributed by atoms with Crippen molar-refractivity contribution < 1.29 is 0 Å². The maximum atomic E-state index is 3.46. The SMILES string of the molecule is CCCC(CNC)Cc1ccc(Br)cc1. The highest BCUT2D eigenvalue weighted by atomic mass is 79.9. The molecule has 0 spiro atoms. The molecule has 15 heavy (non-hydrogen) atoms. The van der Waals surface area contributed by atoms with Crippen molar-refractivity contribution in [1.29, 1.82) is 0 Å². The van der Waals surface area contributed by atoms with Gasteiger partial charge in [-0.2, -0.15) is 0 Å². The lowest BCUT2D eigenvalue weighted by atomic mass is 9.95. The fraction of sp³-hybridized carbons (Fsp3) is 0.538. The van der Waals surface area contributed by atoms with Crippen molar-refractivity contribution >= 4 is 15.9 Å². The number of nitrogens with one attached hydrogen (secondary N) is 1. The number of benzene rings is 1. The fourth-order valence-electron chi connectivity index (χ4n) is 1.93. The van der Waals surface area contributed by atoms with Gasteiger partial charge in [-0.1, -0.05) is 41.4 Å². The Labute approximate surface area is 101 Å². The topological polar surface area (TPSA) is 12.0 Å². The van der Waals surface area contributed by atoms with Crippen molar-refractivity contribution in [2.75, 3.05) is 13.6 Å². The number of hydrogen-bond acceptors (Lipinski definition) is 1. The van der Waals surface area contributed by atoms with Crippen LogP contribution in [0.1, 0.15) is 25.3 Å². The third kappa shape index (κ3) is 4.80. The lowest BCUT2D eigenvalue weighted by molar-refractivity contribution is 0.456. The van der Waals surface area contributed by atoms with Crippen LogP contribution in [-0.4, -0.2) is 13.6 Å². The Morgan fingerprint density at radius 2 is 1.93 bits per heavy atom. The summed E-state index contributed by atoms with van der Waals surface area (Å²) >= 11 is 3.46. The predicted molar refractivity (Wildman–Crippen MR) is 70.2 cm³/mol. The molecule has 0 aromatic heterocycles. The second-order valence-electron chi connectivity index (χ2n) is 4.04. The van der Waals surface area contributed by atoms with Gasteiger partial charge < -0.3 is 5.32 Å². The highest BCUT2D eigenvalue weighted by Gasteiger charge is 2.07. The first-order valence-corrected chi connectivity index (χ1v) is 6.44. The molecule has 0 aliphatic carbocycles. The van der Waals surface area contributed by atoms with Gasteiger partial charge in [0, 0.05) is 4.47 Å². The Balaban J connectivity index is 2.53. The largest absolute Gasteiger partial charge is 0.319 e. The number of rotatable bonds is 6. The normalized spacial score (nSPS) is 12.7. The van der Waals surface area contributed by atoms with Crippen molar-refractivity contribution in [1.82, 2.24) is 5.32 Å². The van der Waals surface area contributed by atoms with Gasteiger partial charge in [0.05, 0.1) is 0 Å². The summed E-state index contributed by atoms with van der Waals surface area (Å²) in [4.78, 5) is 0. The molecule has 1 aromatic rings. The molecular weight excluding hydrogens is 250 g/mol. The van der Waals surface area contributed by atoms with Crippen molar-refractivity contribution in [3.63, 3.8) is 0 Å². The molecule has 1 rings (SSSR count). The van der Waals surface area contributed by atoms with Crippen molar-refractivity contribution in [2.24, 2.45) is 5.92 Å². The first kappa shape index (κ1) is 12.7. The standard InChI is InChI=1S/C13H20BrN/c1-3-4-12(10-15-2)9-11-5-7-13(14)8-6-11/h5-8,12,15H,3-4,9-10H2,1-2H3. The molecule has 2 heteroatoms. The van der Waals surface area contributed by atoms with Gasteiger partial charge >= 0.3 is 0 Å². The van der Waals surface area contributed by atoms with Gasteiger partial charge in [-0.3, -0.25) is 0 Å². The second kappa shape index (κ2) is 7.02. The van der Waals surface area contributed by atoms with Gasteiger partial charge in [-0.05, 0) is 50.0 Å². The van der Waals surface area contributed by atoms with E-state index in [-0.39, 0.29) is 0 Å². The first-order valence-electron chi connectivity index (χ1n) is 5.65. The molecule has 0 aliphatic heterocycles. The second-order valence-corrected chi connectivity index (χ2v) is 4.96. The average Bonchev–Trinajstić information content (AvgIpc) is 2.22. The van der Waals surface area contributed by atoms with Gasteiger partial charge in [-0.25, -0.2) is 0 Å². The molecule has 1 N–H and O–H groups in total. The van der Waals surface area contributed by atoms with E-state index in [1.165, 1.54) is 24.8 Å². The van der Waals surface area contributed by atoms with Crippen LogP contribution in [0.15, 0.2) is 28.7 Å². The molecule has 0 saturated carbocycles. The third-order valence-corrected chi connectivity index (χ3v) is 3.16. The van der Waals surface area contributed by atoms with Crippen LogP contribution >= 0.6 is 15.9 Å². The van der Waals surface area contributed by atoms with E-state index in [4.69, 9.17) is 0 Å². The summed E-state index contributed by atoms with van der Waals surface area (Å²) in [6.07, 6.45) is 3.75. The molecule has 84 valence electrons. The van der Waals surface area contributed by atoms with E-state index in [1.807, 2.05) is 7.05 Å². The van der Waals surface area contributed by atoms with E-state index in [9.17, 15) is 0 Å². The van der Waals surface area contributed by atoms with Crippen LogP contribution in [0.2, 0.25) is 0 Å². The maximum Gasteiger partial charge on any atom is 0.0175 e. The molecular formula is C13H20BrN. The van der Waals surface area contributed by atoms with Crippen LogP contribution in [0.4, 0.5) is 0 Å². The van der Waals surface area contributed by atoms with Crippen LogP contribution in [0, 0.1) is 5.92 Å². The Morgan fingerprint density at radius 3 is 2.47 bits per heavy atom. The molecule has 1 atom stereocenters. The summed E-state index contributed by atoms with van der Waals surface area (Å²) in [7, 11) is 2.03. The summed E-state index contributed by atoms with van der Waals surface area (Å²) in [5.74, 6) is 0.765. The summed E-state index contributed by atoms with van der Waals surface area (Å²) in [5.41, 5.74) is 1.44. The molecule has 0 aliphatic rings. The summed E-state index contributed by atoms with van der Waals surface area (Å²) in [6.45, 7) is 3.37. The van der Waals surface area contributed by atoms with Gasteiger partial charge in [0.1, 0.15) is 0 Å². The van der Waals surface area contributed by atoms with Crippen molar-refractivity contribution in [3.8, 4) is 0 Å². The minimum atomic E-state index is 0.765. The van der Waals surface area contributed by atoms with Crippen LogP contribution in [0.3, 0.4) is 0 Å². The smallest absolute Gasteiger partial charge is 0.0175 e. The molecule has 0 bridgehead atoms. The van der Waals surface area contributed by atoms with Crippen molar-refractivity contribution in [2.45, 2.75) is 26.2 Å². The number of halogens is 1. The van der Waals surface area contributed by atoms with Gasteiger partial charge in [0.2, 0.25) is 0 Å². The summed E-state index contributed by atoms with van der Waals surface area (Å²) in [5, 5.41) is 3.27. The Hall–Kier alpha value is -0.340. The van der Waals surface area contributed by atoms with Gasteiger partial charge in [-0.15, -0.1) is 0 Å². The van der Waals surface area contributed by atoms with Crippen LogP contribution < -0.4 is 5.32 Å². The molecule has 0 saturated heterocycles. The molecule has 0 amide bonds. The minimum Gasteiger partial charge on any atom is -0.319 e. The monoisotopic (exact) mass is 269 g/mol. The zero-order valence-corrected chi connectivity index (χ0v) is 11.2. The van der Waals surface area contributed by atoms with E-state index in [0.717, 1.165) is 16.9 Å². The van der Waals surface area contributed by atoms with Crippen molar-refractivity contribution in [3.05, 3.63) is 34.3 Å². The van der Waals surface area contributed by atoms with Crippen LogP contribution in [0.25, 0.3) is 0 Å².